The molecule has 2 heteroatoms. The van der Waals surface area contributed by atoms with Gasteiger partial charge < -0.3 is 4.57 Å². The van der Waals surface area contributed by atoms with Gasteiger partial charge in [-0.25, -0.2) is 0 Å². The van der Waals surface area contributed by atoms with Crippen LogP contribution < -0.4 is 5.56 Å². The van der Waals surface area contributed by atoms with Crippen LogP contribution in [0.2, 0.25) is 0 Å². The Labute approximate surface area is 48.8 Å². The highest BCUT2D eigenvalue weighted by Crippen LogP contribution is 1.73. The van der Waals surface area contributed by atoms with Gasteiger partial charge in [-0.3, -0.25) is 4.79 Å². The minimum Gasteiger partial charge on any atom is -0.319 e. The van der Waals surface area contributed by atoms with Crippen molar-refractivity contribution in [2.45, 2.75) is 0 Å². The summed E-state index contributed by atoms with van der Waals surface area (Å²) in [6, 6.07) is 3.21. The minimum absolute atomic E-state index is 0.0778. The SMILES string of the molecule is [2H]c1ccc(=O)n(C)c1. The van der Waals surface area contributed by atoms with Gasteiger partial charge in [0.2, 0.25) is 5.56 Å². The Morgan fingerprint density at radius 1 is 1.88 bits per heavy atom. The van der Waals surface area contributed by atoms with E-state index < -0.39 is 0 Å². The molecule has 0 bridgehead atoms. The third kappa shape index (κ3) is 0.780. The average Bonchev–Trinajstić information content (AvgIpc) is 1.80. The lowest BCUT2D eigenvalue weighted by Crippen LogP contribution is -2.12. The van der Waals surface area contributed by atoms with Gasteiger partial charge in [0.25, 0.3) is 0 Å². The number of pyridine rings is 1. The summed E-state index contributed by atoms with van der Waals surface area (Å²) in [5.74, 6) is 0. The fraction of sp³-hybridized carbons (Fsp3) is 0.167. The van der Waals surface area contributed by atoms with Gasteiger partial charge in [-0.2, -0.15) is 0 Å². The Morgan fingerprint density at radius 3 is 3.12 bits per heavy atom. The van der Waals surface area contributed by atoms with Crippen molar-refractivity contribution >= 4 is 0 Å². The molecule has 0 saturated carbocycles. The molecule has 0 amide bonds. The predicted octanol–water partition coefficient (Wildman–Crippen LogP) is 0.385. The van der Waals surface area contributed by atoms with E-state index in [1.807, 2.05) is 0 Å². The quantitative estimate of drug-likeness (QED) is 0.473. The monoisotopic (exact) mass is 110 g/mol. The molecule has 1 heterocycles. The maximum absolute atomic E-state index is 10.7. The van der Waals surface area contributed by atoms with Crippen LogP contribution >= 0.6 is 0 Å². The van der Waals surface area contributed by atoms with Crippen molar-refractivity contribution in [3.63, 3.8) is 0 Å². The van der Waals surface area contributed by atoms with Gasteiger partial charge >= 0.3 is 0 Å². The first-order valence-electron chi connectivity index (χ1n) is 2.83. The zero-order valence-corrected chi connectivity index (χ0v) is 4.59. The molecule has 0 N–H and O–H groups in total. The highest BCUT2D eigenvalue weighted by Gasteiger charge is 1.79. The molecule has 0 saturated heterocycles. The number of hydrogen-bond acceptors (Lipinski definition) is 1. The van der Waals surface area contributed by atoms with Gasteiger partial charge in [0, 0.05) is 19.3 Å². The fourth-order valence-electron chi connectivity index (χ4n) is 0.455. The summed E-state index contributed by atoms with van der Waals surface area (Å²) in [6.07, 6.45) is 1.47. The van der Waals surface area contributed by atoms with Gasteiger partial charge in [-0.15, -0.1) is 0 Å². The van der Waals surface area contributed by atoms with E-state index in [9.17, 15) is 4.79 Å². The van der Waals surface area contributed by atoms with Crippen molar-refractivity contribution in [3.8, 4) is 0 Å². The van der Waals surface area contributed by atoms with Crippen molar-refractivity contribution in [2.24, 2.45) is 7.05 Å². The molecule has 0 aromatic carbocycles. The van der Waals surface area contributed by atoms with E-state index in [1.165, 1.54) is 22.9 Å². The number of rotatable bonds is 0. The van der Waals surface area contributed by atoms with Crippen LogP contribution in [0, 0.1) is 0 Å². The molecule has 0 aliphatic rings. The summed E-state index contributed by atoms with van der Waals surface area (Å²) in [7, 11) is 1.63. The van der Waals surface area contributed by atoms with Crippen molar-refractivity contribution in [1.82, 2.24) is 4.57 Å². The van der Waals surface area contributed by atoms with Crippen molar-refractivity contribution in [1.29, 1.82) is 0 Å². The Kier molecular flexibility index (Phi) is 0.886. The molecule has 8 heavy (non-hydrogen) atoms. The molecular formula is C6H7NO. The standard InChI is InChI=1S/C6H7NO/c1-7-5-3-2-4-6(7)8/h2-5H,1H3/i3D. The van der Waals surface area contributed by atoms with Crippen LogP contribution in [0.3, 0.4) is 0 Å². The van der Waals surface area contributed by atoms with Gasteiger partial charge in [-0.1, -0.05) is 6.07 Å². The Morgan fingerprint density at radius 2 is 2.62 bits per heavy atom. The summed E-state index contributed by atoms with van der Waals surface area (Å²) in [5.41, 5.74) is -0.0778. The van der Waals surface area contributed by atoms with Crippen LogP contribution in [-0.2, 0) is 7.05 Å². The second-order valence-electron chi connectivity index (χ2n) is 1.58. The highest BCUT2D eigenvalue weighted by atomic mass is 16.1. The van der Waals surface area contributed by atoms with Crippen molar-refractivity contribution < 1.29 is 1.37 Å². The molecule has 0 unspecified atom stereocenters. The van der Waals surface area contributed by atoms with Crippen LogP contribution in [0.1, 0.15) is 1.37 Å². The van der Waals surface area contributed by atoms with Gasteiger partial charge in [0.05, 0.1) is 1.37 Å². The van der Waals surface area contributed by atoms with Crippen LogP contribution in [-0.4, -0.2) is 4.57 Å². The molecule has 0 aliphatic carbocycles. The largest absolute Gasteiger partial charge is 0.319 e. The van der Waals surface area contributed by atoms with E-state index in [0.29, 0.717) is 6.04 Å². The second kappa shape index (κ2) is 1.82. The molecule has 1 rings (SSSR count). The van der Waals surface area contributed by atoms with Crippen LogP contribution in [0.15, 0.2) is 29.2 Å². The fourth-order valence-corrected chi connectivity index (χ4v) is 0.455. The molecular weight excluding hydrogens is 102 g/mol. The molecule has 2 nitrogen and oxygen atoms in total. The van der Waals surface area contributed by atoms with Crippen LogP contribution in [0.25, 0.3) is 0 Å². The summed E-state index contributed by atoms with van der Waals surface area (Å²) >= 11 is 0. The molecule has 0 fully saturated rings. The molecule has 1 aromatic rings. The number of nitrogens with zero attached hydrogens (tertiary/aromatic N) is 1. The zero-order chi connectivity index (χ0) is 6.85. The second-order valence-corrected chi connectivity index (χ2v) is 1.58. The third-order valence-corrected chi connectivity index (χ3v) is 0.938. The molecule has 0 spiro atoms. The van der Waals surface area contributed by atoms with Gasteiger partial charge in [0.15, 0.2) is 0 Å². The first-order valence-corrected chi connectivity index (χ1v) is 2.33. The third-order valence-electron chi connectivity index (χ3n) is 0.938. The Balaban J connectivity index is 3.34. The molecule has 0 atom stereocenters. The number of aromatic nitrogens is 1. The molecule has 0 aliphatic heterocycles. The van der Waals surface area contributed by atoms with E-state index in [4.69, 9.17) is 1.37 Å². The van der Waals surface area contributed by atoms with Crippen molar-refractivity contribution in [2.75, 3.05) is 0 Å². The lowest BCUT2D eigenvalue weighted by Gasteiger charge is -1.89. The highest BCUT2D eigenvalue weighted by molar-refractivity contribution is 4.91. The first kappa shape index (κ1) is 3.89. The van der Waals surface area contributed by atoms with E-state index in [-0.39, 0.29) is 5.56 Å². The summed E-state index contributed by atoms with van der Waals surface area (Å²) in [4.78, 5) is 10.7. The van der Waals surface area contributed by atoms with E-state index in [1.54, 1.807) is 7.05 Å². The van der Waals surface area contributed by atoms with Gasteiger partial charge in [0.1, 0.15) is 0 Å². The molecule has 1 aromatic heterocycles. The lowest BCUT2D eigenvalue weighted by atomic mass is 10.5. The minimum atomic E-state index is -0.0778. The number of hydrogen-bond donors (Lipinski definition) is 0. The molecule has 42 valence electrons. The Hall–Kier alpha value is -1.05. The average molecular weight is 110 g/mol. The number of aryl methyl sites for hydroxylation is 1. The first-order chi connectivity index (χ1) is 4.20. The zero-order valence-electron chi connectivity index (χ0n) is 5.59. The van der Waals surface area contributed by atoms with E-state index >= 15 is 0 Å². The maximum atomic E-state index is 10.7. The lowest BCUT2D eigenvalue weighted by molar-refractivity contribution is 0.860. The van der Waals surface area contributed by atoms with Gasteiger partial charge in [-0.05, 0) is 6.04 Å². The van der Waals surface area contributed by atoms with Crippen molar-refractivity contribution in [3.05, 3.63) is 34.7 Å². The summed E-state index contributed by atoms with van der Waals surface area (Å²) < 4.78 is 8.45. The molecule has 0 radical (unpaired) electrons. The summed E-state index contributed by atoms with van der Waals surface area (Å²) in [5, 5.41) is 0. The van der Waals surface area contributed by atoms with Crippen LogP contribution in [0.5, 0.6) is 0 Å². The smallest absolute Gasteiger partial charge is 0.250 e. The van der Waals surface area contributed by atoms with E-state index in [0.717, 1.165) is 0 Å². The topological polar surface area (TPSA) is 22.0 Å². The van der Waals surface area contributed by atoms with Crippen LogP contribution in [0.4, 0.5) is 0 Å². The maximum Gasteiger partial charge on any atom is 0.250 e. The normalized spacial score (nSPS) is 10.9. The summed E-state index contributed by atoms with van der Waals surface area (Å²) in [6.45, 7) is 0. The Bertz CT molecular complexity index is 266. The predicted molar refractivity (Wildman–Crippen MR) is 31.7 cm³/mol. The van der Waals surface area contributed by atoms with E-state index in [2.05, 4.69) is 0 Å².